The van der Waals surface area contributed by atoms with Crippen LogP contribution in [0.1, 0.15) is 24.8 Å². The van der Waals surface area contributed by atoms with Crippen LogP contribution in [0.2, 0.25) is 0 Å². The predicted molar refractivity (Wildman–Crippen MR) is 126 cm³/mol. The monoisotopic (exact) mass is 544 g/mol. The Bertz CT molecular complexity index is 824. The molecule has 0 saturated carbocycles. The molecule has 0 radical (unpaired) electrons. The highest BCUT2D eigenvalue weighted by Gasteiger charge is 2.27. The van der Waals surface area contributed by atoms with Crippen molar-refractivity contribution in [3.63, 3.8) is 0 Å². The summed E-state index contributed by atoms with van der Waals surface area (Å²) >= 11 is 2.29. The van der Waals surface area contributed by atoms with Gasteiger partial charge in [-0.25, -0.2) is 8.70 Å². The van der Waals surface area contributed by atoms with Crippen molar-refractivity contribution in [1.82, 2.24) is 9.21 Å². The molecular formula is C22H26FIN2O3S. The molecule has 8 heteroatoms. The van der Waals surface area contributed by atoms with Crippen molar-refractivity contribution in [3.8, 4) is 11.5 Å². The van der Waals surface area contributed by atoms with E-state index in [-0.39, 0.29) is 24.2 Å². The first-order valence-electron chi connectivity index (χ1n) is 9.94. The van der Waals surface area contributed by atoms with Crippen LogP contribution >= 0.6 is 30.3 Å². The molecule has 0 bridgehead atoms. The van der Waals surface area contributed by atoms with Crippen LogP contribution in [-0.4, -0.2) is 48.0 Å². The van der Waals surface area contributed by atoms with Crippen LogP contribution in [0.3, 0.4) is 0 Å². The van der Waals surface area contributed by atoms with Crippen LogP contribution in [0.4, 0.5) is 4.39 Å². The molecule has 0 amide bonds. The average molecular weight is 544 g/mol. The summed E-state index contributed by atoms with van der Waals surface area (Å²) in [5, 5.41) is 0. The minimum Gasteiger partial charge on any atom is -0.497 e. The Balaban J connectivity index is 1.71. The van der Waals surface area contributed by atoms with E-state index in [0.29, 0.717) is 18.0 Å². The van der Waals surface area contributed by atoms with Gasteiger partial charge >= 0.3 is 5.97 Å². The van der Waals surface area contributed by atoms with Crippen LogP contribution < -0.4 is 9.47 Å². The summed E-state index contributed by atoms with van der Waals surface area (Å²) in [6.45, 7) is 3.34. The number of halogens is 2. The number of carbonyl (C=O) groups excluding carboxylic acids is 1. The van der Waals surface area contributed by atoms with Gasteiger partial charge in [0.2, 0.25) is 0 Å². The van der Waals surface area contributed by atoms with E-state index in [1.54, 1.807) is 34.4 Å². The minimum absolute atomic E-state index is 0.00993. The molecule has 1 fully saturated rings. The number of nitrogens with zero attached hydrogens (tertiary/aromatic N) is 2. The highest BCUT2D eigenvalue weighted by atomic mass is 127. The lowest BCUT2D eigenvalue weighted by Crippen LogP contribution is -2.45. The second kappa shape index (κ2) is 11.9. The molecule has 0 N–H and O–H groups in total. The maximum absolute atomic E-state index is 13.3. The second-order valence-electron chi connectivity index (χ2n) is 7.27. The van der Waals surface area contributed by atoms with Gasteiger partial charge in [-0.2, -0.15) is 0 Å². The van der Waals surface area contributed by atoms with Crippen LogP contribution in [0.5, 0.6) is 11.5 Å². The zero-order valence-electron chi connectivity index (χ0n) is 16.9. The Morgan fingerprint density at radius 2 is 1.90 bits per heavy atom. The lowest BCUT2D eigenvalue weighted by molar-refractivity contribution is -0.136. The molecule has 162 valence electrons. The molecule has 1 saturated heterocycles. The second-order valence-corrected chi connectivity index (χ2v) is 9.11. The number of ether oxygens (including phenoxy) is 2. The molecule has 3 rings (SSSR count). The summed E-state index contributed by atoms with van der Waals surface area (Å²) in [6.07, 6.45) is 2.44. The van der Waals surface area contributed by atoms with Crippen molar-refractivity contribution in [3.05, 3.63) is 59.9 Å². The molecule has 1 heterocycles. The summed E-state index contributed by atoms with van der Waals surface area (Å²) in [6, 6.07) is 13.7. The predicted octanol–water partition coefficient (Wildman–Crippen LogP) is 5.09. The number of hydrogen-bond donors (Lipinski definition) is 0. The van der Waals surface area contributed by atoms with E-state index in [2.05, 4.69) is 30.4 Å². The fourth-order valence-corrected chi connectivity index (χ4v) is 5.05. The van der Waals surface area contributed by atoms with Gasteiger partial charge in [0, 0.05) is 52.9 Å². The number of benzene rings is 2. The number of rotatable bonds is 7. The summed E-state index contributed by atoms with van der Waals surface area (Å²) in [5.74, 6) is 0.626. The molecular weight excluding hydrogens is 518 g/mol. The highest BCUT2D eigenvalue weighted by Crippen LogP contribution is 2.26. The first-order valence-corrected chi connectivity index (χ1v) is 13.3. The topological polar surface area (TPSA) is 42.0 Å². The lowest BCUT2D eigenvalue weighted by atomic mass is 10.1. The van der Waals surface area contributed by atoms with Crippen LogP contribution in [-0.2, 0) is 11.3 Å². The molecule has 30 heavy (non-hydrogen) atoms. The van der Waals surface area contributed by atoms with Crippen LogP contribution in [0, 0.1) is 5.82 Å². The van der Waals surface area contributed by atoms with Crippen molar-refractivity contribution in [1.29, 1.82) is 0 Å². The molecule has 1 aliphatic rings. The van der Waals surface area contributed by atoms with Crippen molar-refractivity contribution < 1.29 is 18.7 Å². The van der Waals surface area contributed by atoms with Gasteiger partial charge in [-0.3, -0.25) is 9.69 Å². The lowest BCUT2D eigenvalue weighted by Gasteiger charge is -2.36. The molecule has 1 atom stereocenters. The quantitative estimate of drug-likeness (QED) is 0.209. The van der Waals surface area contributed by atoms with Gasteiger partial charge in [0.15, 0.2) is 0 Å². The fraction of sp³-hybridized carbons (Fsp3) is 0.409. The first kappa shape index (κ1) is 23.3. The molecule has 2 aromatic rings. The van der Waals surface area contributed by atoms with E-state index in [4.69, 9.17) is 9.47 Å². The van der Waals surface area contributed by atoms with E-state index in [9.17, 15) is 9.18 Å². The van der Waals surface area contributed by atoms with Crippen LogP contribution in [0.25, 0.3) is 0 Å². The third kappa shape index (κ3) is 7.11. The number of hydrogen-bond acceptors (Lipinski definition) is 6. The van der Waals surface area contributed by atoms with E-state index >= 15 is 0 Å². The van der Waals surface area contributed by atoms with Crippen molar-refractivity contribution >= 4 is 36.3 Å². The van der Waals surface area contributed by atoms with E-state index < -0.39 is 0 Å². The summed E-state index contributed by atoms with van der Waals surface area (Å²) in [5.41, 5.74) is 1.04. The maximum Gasteiger partial charge on any atom is 0.312 e. The summed E-state index contributed by atoms with van der Waals surface area (Å²) < 4.78 is 26.4. The molecule has 0 aliphatic carbocycles. The van der Waals surface area contributed by atoms with Gasteiger partial charge in [0.1, 0.15) is 17.3 Å². The average Bonchev–Trinajstić information content (AvgIpc) is 2.74. The minimum atomic E-state index is -0.267. The largest absolute Gasteiger partial charge is 0.497 e. The molecule has 0 spiro atoms. The Morgan fingerprint density at radius 3 is 2.63 bits per heavy atom. The third-order valence-corrected chi connectivity index (χ3v) is 7.30. The first-order chi connectivity index (χ1) is 14.6. The molecule has 2 aromatic carbocycles. The molecule has 5 nitrogen and oxygen atoms in total. The Morgan fingerprint density at radius 1 is 1.17 bits per heavy atom. The van der Waals surface area contributed by atoms with Gasteiger partial charge in [-0.1, -0.05) is 18.2 Å². The Labute approximate surface area is 193 Å². The van der Waals surface area contributed by atoms with Gasteiger partial charge in [-0.05, 0) is 58.3 Å². The van der Waals surface area contributed by atoms with Crippen molar-refractivity contribution in [2.75, 3.05) is 26.7 Å². The van der Waals surface area contributed by atoms with Crippen LogP contribution in [0.15, 0.2) is 48.5 Å². The van der Waals surface area contributed by atoms with E-state index in [1.165, 1.54) is 12.1 Å². The van der Waals surface area contributed by atoms with Crippen molar-refractivity contribution in [2.45, 2.75) is 31.8 Å². The van der Waals surface area contributed by atoms with Crippen molar-refractivity contribution in [2.24, 2.45) is 0 Å². The standard InChI is InChI=1S/C22H26FIN2O3S/c1-28-20-5-4-6-21(14-20)29-22(27)13-19-16-26(30-24)12-3-2-11-25(19)15-17-7-9-18(23)10-8-17/h4-10,14,19H,2-3,11-13,15-16H2,1H3. The van der Waals surface area contributed by atoms with Gasteiger partial charge in [0.25, 0.3) is 0 Å². The Hall–Kier alpha value is -1.36. The Kier molecular flexibility index (Phi) is 9.23. The number of carbonyl (C=O) groups is 1. The fourth-order valence-electron chi connectivity index (χ4n) is 3.55. The number of methoxy groups -OCH3 is 1. The van der Waals surface area contributed by atoms with Gasteiger partial charge < -0.3 is 9.47 Å². The summed E-state index contributed by atoms with van der Waals surface area (Å²) in [4.78, 5) is 15.1. The van der Waals surface area contributed by atoms with E-state index in [0.717, 1.165) is 38.0 Å². The number of esters is 1. The maximum atomic E-state index is 13.3. The smallest absolute Gasteiger partial charge is 0.312 e. The van der Waals surface area contributed by atoms with Gasteiger partial charge in [-0.15, -0.1) is 0 Å². The van der Waals surface area contributed by atoms with E-state index in [1.807, 2.05) is 18.2 Å². The molecule has 1 aliphatic heterocycles. The summed E-state index contributed by atoms with van der Waals surface area (Å²) in [7, 11) is 3.26. The normalized spacial score (nSPS) is 18.4. The zero-order valence-corrected chi connectivity index (χ0v) is 19.9. The zero-order chi connectivity index (χ0) is 21.3. The molecule has 1 unspecified atom stereocenters. The van der Waals surface area contributed by atoms with Gasteiger partial charge in [0.05, 0.1) is 13.5 Å². The SMILES string of the molecule is COc1cccc(OC(=O)CC2CN(SI)CCCCN2Cc2ccc(F)cc2)c1. The highest BCUT2D eigenvalue weighted by molar-refractivity contribution is 14.2. The third-order valence-electron chi connectivity index (χ3n) is 5.11. The molecule has 0 aromatic heterocycles.